The zero-order valence-electron chi connectivity index (χ0n) is 16.2. The summed E-state index contributed by atoms with van der Waals surface area (Å²) in [5.41, 5.74) is 3.11. The molecule has 0 radical (unpaired) electrons. The van der Waals surface area contributed by atoms with Gasteiger partial charge in [-0.3, -0.25) is 0 Å². The van der Waals surface area contributed by atoms with E-state index in [-0.39, 0.29) is 6.54 Å². The van der Waals surface area contributed by atoms with E-state index in [1.165, 1.54) is 0 Å². The third-order valence-electron chi connectivity index (χ3n) is 6.25. The number of anilines is 1. The normalized spacial score (nSPS) is 20.8. The van der Waals surface area contributed by atoms with Crippen molar-refractivity contribution in [2.45, 2.75) is 12.0 Å². The quantitative estimate of drug-likeness (QED) is 0.629. The first kappa shape index (κ1) is 17.6. The highest BCUT2D eigenvalue weighted by atomic mass is 19.2. The van der Waals surface area contributed by atoms with Gasteiger partial charge >= 0.3 is 0 Å². The minimum Gasteiger partial charge on any atom is -0.492 e. The van der Waals surface area contributed by atoms with Crippen LogP contribution in [0.5, 0.6) is 17.2 Å². The van der Waals surface area contributed by atoms with Crippen LogP contribution in [0.3, 0.4) is 0 Å². The fraction of sp³-hybridized carbons (Fsp3) is 0.250. The van der Waals surface area contributed by atoms with Gasteiger partial charge in [-0.15, -0.1) is 0 Å². The zero-order chi connectivity index (χ0) is 20.3. The second-order valence-electron chi connectivity index (χ2n) is 7.95. The second kappa shape index (κ2) is 6.36. The van der Waals surface area contributed by atoms with E-state index in [2.05, 4.69) is 11.0 Å². The summed E-state index contributed by atoms with van der Waals surface area (Å²) in [6.45, 7) is 2.40. The van der Waals surface area contributed by atoms with Crippen molar-refractivity contribution in [1.29, 1.82) is 0 Å². The maximum atomic E-state index is 14.4. The fourth-order valence-corrected chi connectivity index (χ4v) is 4.86. The minimum atomic E-state index is -0.826. The van der Waals surface area contributed by atoms with Crippen molar-refractivity contribution in [2.24, 2.45) is 0 Å². The number of hydrogen-bond donors (Lipinski definition) is 0. The van der Waals surface area contributed by atoms with E-state index in [0.29, 0.717) is 37.7 Å². The first-order valence-electron chi connectivity index (χ1n) is 10.00. The summed E-state index contributed by atoms with van der Waals surface area (Å²) in [5.74, 6) is 0.582. The molecule has 3 heterocycles. The lowest BCUT2D eigenvalue weighted by Crippen LogP contribution is -2.36. The summed E-state index contributed by atoms with van der Waals surface area (Å²) in [6.07, 6.45) is 0. The Kier molecular flexibility index (Phi) is 3.72. The smallest absolute Gasteiger partial charge is 0.165 e. The highest BCUT2D eigenvalue weighted by molar-refractivity contribution is 5.70. The van der Waals surface area contributed by atoms with Gasteiger partial charge in [0.25, 0.3) is 0 Å². The Hall–Kier alpha value is -3.28. The van der Waals surface area contributed by atoms with Crippen molar-refractivity contribution >= 4 is 5.69 Å². The Morgan fingerprint density at radius 1 is 0.833 bits per heavy atom. The standard InChI is InChI=1S/C24H19F2NO3/c25-18-6-3-4-15(23(18)26)12-27-13-24(16-5-1-2-7-19(16)27)14-30-20-11-22-21(10-17(20)24)28-8-9-29-22/h1-7,10-11H,8-9,12-14H2. The molecule has 1 spiro atoms. The molecule has 30 heavy (non-hydrogen) atoms. The van der Waals surface area contributed by atoms with Gasteiger partial charge in [-0.1, -0.05) is 30.3 Å². The first-order valence-corrected chi connectivity index (χ1v) is 10.00. The Morgan fingerprint density at radius 2 is 1.63 bits per heavy atom. The molecule has 1 unspecified atom stereocenters. The summed E-state index contributed by atoms with van der Waals surface area (Å²) in [4.78, 5) is 2.10. The zero-order valence-corrected chi connectivity index (χ0v) is 16.2. The van der Waals surface area contributed by atoms with Crippen LogP contribution in [0.15, 0.2) is 54.6 Å². The summed E-state index contributed by atoms with van der Waals surface area (Å²) in [5, 5.41) is 0. The van der Waals surface area contributed by atoms with Crippen molar-refractivity contribution in [3.8, 4) is 17.2 Å². The maximum Gasteiger partial charge on any atom is 0.165 e. The van der Waals surface area contributed by atoms with Gasteiger partial charge in [-0.05, 0) is 23.8 Å². The highest BCUT2D eigenvalue weighted by Crippen LogP contribution is 2.54. The van der Waals surface area contributed by atoms with Crippen LogP contribution >= 0.6 is 0 Å². The van der Waals surface area contributed by atoms with E-state index < -0.39 is 17.0 Å². The Balaban J connectivity index is 1.44. The first-order chi connectivity index (χ1) is 14.7. The topological polar surface area (TPSA) is 30.9 Å². The van der Waals surface area contributed by atoms with Gasteiger partial charge in [0.05, 0.1) is 5.41 Å². The second-order valence-corrected chi connectivity index (χ2v) is 7.95. The van der Waals surface area contributed by atoms with Crippen LogP contribution in [0.2, 0.25) is 0 Å². The third kappa shape index (κ3) is 2.43. The van der Waals surface area contributed by atoms with E-state index in [1.807, 2.05) is 30.3 Å². The number of halogens is 2. The molecule has 3 aliphatic heterocycles. The molecule has 0 N–H and O–H groups in total. The number of nitrogens with zero attached hydrogens (tertiary/aromatic N) is 1. The van der Waals surface area contributed by atoms with E-state index >= 15 is 0 Å². The van der Waals surface area contributed by atoms with Crippen LogP contribution in [0.25, 0.3) is 0 Å². The molecule has 3 aliphatic rings. The van der Waals surface area contributed by atoms with Crippen LogP contribution in [-0.2, 0) is 12.0 Å². The molecule has 4 nitrogen and oxygen atoms in total. The minimum absolute atomic E-state index is 0.280. The Morgan fingerprint density at radius 3 is 2.50 bits per heavy atom. The number of hydrogen-bond acceptors (Lipinski definition) is 4. The number of fused-ring (bicyclic) bond motifs is 5. The molecule has 0 saturated carbocycles. The average molecular weight is 407 g/mol. The molecule has 0 fully saturated rings. The number of ether oxygens (including phenoxy) is 3. The molecule has 0 bridgehead atoms. The van der Waals surface area contributed by atoms with E-state index in [4.69, 9.17) is 14.2 Å². The van der Waals surface area contributed by atoms with Crippen molar-refractivity contribution in [3.63, 3.8) is 0 Å². The fourth-order valence-electron chi connectivity index (χ4n) is 4.86. The lowest BCUT2D eigenvalue weighted by molar-refractivity contribution is 0.171. The molecular weight excluding hydrogens is 388 g/mol. The Labute approximate surface area is 172 Å². The third-order valence-corrected chi connectivity index (χ3v) is 6.25. The van der Waals surface area contributed by atoms with Crippen molar-refractivity contribution in [2.75, 3.05) is 31.3 Å². The largest absolute Gasteiger partial charge is 0.492 e. The van der Waals surface area contributed by atoms with Crippen LogP contribution in [0, 0.1) is 11.6 Å². The number of rotatable bonds is 2. The lowest BCUT2D eigenvalue weighted by atomic mass is 9.77. The molecule has 6 heteroatoms. The predicted octanol–water partition coefficient (Wildman–Crippen LogP) is 4.43. The number of benzene rings is 3. The summed E-state index contributed by atoms with van der Waals surface area (Å²) >= 11 is 0. The van der Waals surface area contributed by atoms with Crippen molar-refractivity contribution < 1.29 is 23.0 Å². The molecule has 0 aliphatic carbocycles. The van der Waals surface area contributed by atoms with Gasteiger partial charge in [0.2, 0.25) is 0 Å². The molecule has 0 amide bonds. The molecule has 3 aromatic rings. The van der Waals surface area contributed by atoms with Gasteiger partial charge in [0.1, 0.15) is 25.6 Å². The van der Waals surface area contributed by atoms with Crippen LogP contribution in [0.1, 0.15) is 16.7 Å². The monoisotopic (exact) mass is 407 g/mol. The SMILES string of the molecule is Fc1cccc(CN2CC3(COc4cc5c(cc43)OCCO5)c3ccccc32)c1F. The molecular formula is C24H19F2NO3. The number of para-hydroxylation sites is 1. The molecule has 0 saturated heterocycles. The predicted molar refractivity (Wildman–Crippen MR) is 108 cm³/mol. The van der Waals surface area contributed by atoms with E-state index in [1.54, 1.807) is 12.1 Å². The maximum absolute atomic E-state index is 14.4. The van der Waals surface area contributed by atoms with Crippen LogP contribution in [-0.4, -0.2) is 26.4 Å². The van der Waals surface area contributed by atoms with Gasteiger partial charge in [-0.25, -0.2) is 8.78 Å². The van der Waals surface area contributed by atoms with Crippen LogP contribution in [0.4, 0.5) is 14.5 Å². The summed E-state index contributed by atoms with van der Waals surface area (Å²) in [6, 6.07) is 16.3. The van der Waals surface area contributed by atoms with Crippen LogP contribution < -0.4 is 19.1 Å². The van der Waals surface area contributed by atoms with Gasteiger partial charge < -0.3 is 19.1 Å². The van der Waals surface area contributed by atoms with Gasteiger partial charge in [-0.2, -0.15) is 0 Å². The summed E-state index contributed by atoms with van der Waals surface area (Å²) in [7, 11) is 0. The van der Waals surface area contributed by atoms with Crippen molar-refractivity contribution in [3.05, 3.63) is 82.9 Å². The molecule has 3 aromatic carbocycles. The Bertz CT molecular complexity index is 1170. The van der Waals surface area contributed by atoms with Gasteiger partial charge in [0.15, 0.2) is 23.1 Å². The highest BCUT2D eigenvalue weighted by Gasteiger charge is 2.50. The van der Waals surface area contributed by atoms with Gasteiger partial charge in [0, 0.05) is 36.0 Å². The molecule has 6 rings (SSSR count). The molecule has 1 atom stereocenters. The van der Waals surface area contributed by atoms with E-state index in [0.717, 1.165) is 34.4 Å². The lowest BCUT2D eigenvalue weighted by Gasteiger charge is -2.26. The van der Waals surface area contributed by atoms with E-state index in [9.17, 15) is 8.78 Å². The van der Waals surface area contributed by atoms with Crippen molar-refractivity contribution in [1.82, 2.24) is 0 Å². The molecule has 0 aromatic heterocycles. The molecule has 152 valence electrons. The summed E-state index contributed by atoms with van der Waals surface area (Å²) < 4.78 is 45.7. The average Bonchev–Trinajstić information content (AvgIpc) is 3.29.